The summed E-state index contributed by atoms with van der Waals surface area (Å²) in [6, 6.07) is 4.60. The summed E-state index contributed by atoms with van der Waals surface area (Å²) >= 11 is 1.12. The third kappa shape index (κ3) is 2.18. The molecular weight excluding hydrogens is 197 g/mol. The number of hydrogen-bond donors (Lipinski definition) is 0. The van der Waals surface area contributed by atoms with E-state index in [1.807, 2.05) is 0 Å². The molecule has 72 valence electrons. The second-order valence-electron chi connectivity index (χ2n) is 2.65. The lowest BCUT2D eigenvalue weighted by atomic mass is 10.1. The molecule has 13 heavy (non-hydrogen) atoms. The van der Waals surface area contributed by atoms with Gasteiger partial charge in [0.15, 0.2) is 0 Å². The first-order valence-electron chi connectivity index (χ1n) is 3.67. The van der Waals surface area contributed by atoms with Crippen molar-refractivity contribution in [2.24, 2.45) is 0 Å². The minimum atomic E-state index is -4.25. The van der Waals surface area contributed by atoms with E-state index in [0.717, 1.165) is 11.8 Å². The number of rotatable bonds is 1. The molecule has 1 aromatic carbocycles. The van der Waals surface area contributed by atoms with Crippen LogP contribution in [0.1, 0.15) is 11.1 Å². The van der Waals surface area contributed by atoms with Gasteiger partial charge in [-0.25, -0.2) is 0 Å². The van der Waals surface area contributed by atoms with Gasteiger partial charge in [0.05, 0.1) is 5.56 Å². The van der Waals surface area contributed by atoms with E-state index < -0.39 is 11.7 Å². The number of halogens is 3. The Kier molecular flexibility index (Phi) is 2.91. The Morgan fingerprint density at radius 1 is 1.23 bits per heavy atom. The summed E-state index contributed by atoms with van der Waals surface area (Å²) in [6.45, 7) is 1.47. The molecule has 0 saturated heterocycles. The van der Waals surface area contributed by atoms with Crippen LogP contribution in [0.5, 0.6) is 0 Å². The molecule has 0 aliphatic carbocycles. The van der Waals surface area contributed by atoms with Crippen LogP contribution in [0, 0.1) is 6.92 Å². The molecule has 0 aliphatic rings. The number of thioether (sulfide) groups is 1. The van der Waals surface area contributed by atoms with Crippen LogP contribution in [-0.4, -0.2) is 6.26 Å². The largest absolute Gasteiger partial charge is 0.417 e. The van der Waals surface area contributed by atoms with Crippen LogP contribution in [0.15, 0.2) is 23.1 Å². The SMILES string of the molecule is CSc1cccc(C)c1C(F)(F)F. The average Bonchev–Trinajstić information content (AvgIpc) is 2.01. The standard InChI is InChI=1S/C9H9F3S/c1-6-4-3-5-7(13-2)8(6)9(10,11)12/h3-5H,1-2H3. The molecule has 0 heterocycles. The summed E-state index contributed by atoms with van der Waals surface area (Å²) in [4.78, 5) is 0.285. The molecule has 1 aromatic rings. The van der Waals surface area contributed by atoms with E-state index in [0.29, 0.717) is 0 Å². The first kappa shape index (κ1) is 10.4. The van der Waals surface area contributed by atoms with Gasteiger partial charge in [-0.2, -0.15) is 13.2 Å². The van der Waals surface area contributed by atoms with Crippen molar-refractivity contribution in [2.75, 3.05) is 6.26 Å². The molecule has 0 aliphatic heterocycles. The van der Waals surface area contributed by atoms with Gasteiger partial charge in [0, 0.05) is 4.90 Å². The molecule has 0 saturated carbocycles. The summed E-state index contributed by atoms with van der Waals surface area (Å²) in [6.07, 6.45) is -2.60. The molecule has 0 amide bonds. The van der Waals surface area contributed by atoms with E-state index in [1.165, 1.54) is 19.1 Å². The van der Waals surface area contributed by atoms with E-state index >= 15 is 0 Å². The topological polar surface area (TPSA) is 0 Å². The average molecular weight is 206 g/mol. The van der Waals surface area contributed by atoms with Crippen molar-refractivity contribution >= 4 is 11.8 Å². The molecule has 0 aromatic heterocycles. The fourth-order valence-electron chi connectivity index (χ4n) is 1.17. The molecule has 4 heteroatoms. The third-order valence-electron chi connectivity index (χ3n) is 1.74. The van der Waals surface area contributed by atoms with Crippen LogP contribution in [-0.2, 0) is 6.18 Å². The maximum Gasteiger partial charge on any atom is 0.417 e. The second kappa shape index (κ2) is 3.62. The highest BCUT2D eigenvalue weighted by molar-refractivity contribution is 7.98. The van der Waals surface area contributed by atoms with Gasteiger partial charge < -0.3 is 0 Å². The summed E-state index contributed by atoms with van der Waals surface area (Å²) in [5.41, 5.74) is -0.234. The van der Waals surface area contributed by atoms with Crippen molar-refractivity contribution < 1.29 is 13.2 Å². The fourth-order valence-corrected chi connectivity index (χ4v) is 1.87. The number of alkyl halides is 3. The molecule has 0 N–H and O–H groups in total. The zero-order valence-corrected chi connectivity index (χ0v) is 8.09. The zero-order valence-electron chi connectivity index (χ0n) is 7.27. The Balaban J connectivity index is 3.32. The van der Waals surface area contributed by atoms with Crippen LogP contribution in [0.2, 0.25) is 0 Å². The Hall–Kier alpha value is -0.640. The lowest BCUT2D eigenvalue weighted by Gasteiger charge is -2.13. The van der Waals surface area contributed by atoms with Crippen LogP contribution in [0.3, 0.4) is 0 Å². The first-order chi connectivity index (χ1) is 5.96. The van der Waals surface area contributed by atoms with Gasteiger partial charge >= 0.3 is 6.18 Å². The van der Waals surface area contributed by atoms with Crippen LogP contribution < -0.4 is 0 Å². The lowest BCUT2D eigenvalue weighted by molar-refractivity contribution is -0.140. The van der Waals surface area contributed by atoms with E-state index in [9.17, 15) is 13.2 Å². The minimum absolute atomic E-state index is 0.277. The van der Waals surface area contributed by atoms with E-state index in [2.05, 4.69) is 0 Å². The Morgan fingerprint density at radius 3 is 2.23 bits per heavy atom. The third-order valence-corrected chi connectivity index (χ3v) is 2.52. The van der Waals surface area contributed by atoms with E-state index in [4.69, 9.17) is 0 Å². The van der Waals surface area contributed by atoms with E-state index in [1.54, 1.807) is 12.3 Å². The second-order valence-corrected chi connectivity index (χ2v) is 3.50. The van der Waals surface area contributed by atoms with Crippen molar-refractivity contribution in [1.82, 2.24) is 0 Å². The molecule has 0 bridgehead atoms. The summed E-state index contributed by atoms with van der Waals surface area (Å²) in [5.74, 6) is 0. The van der Waals surface area contributed by atoms with Gasteiger partial charge in [-0.3, -0.25) is 0 Å². The van der Waals surface area contributed by atoms with Gasteiger partial charge in [-0.05, 0) is 24.8 Å². The molecule has 0 nitrogen and oxygen atoms in total. The molecular formula is C9H9F3S. The molecule has 0 fully saturated rings. The molecule has 0 radical (unpaired) electrons. The van der Waals surface area contributed by atoms with Crippen LogP contribution >= 0.6 is 11.8 Å². The van der Waals surface area contributed by atoms with Gasteiger partial charge in [0.25, 0.3) is 0 Å². The van der Waals surface area contributed by atoms with Gasteiger partial charge in [-0.15, -0.1) is 11.8 Å². The monoisotopic (exact) mass is 206 g/mol. The van der Waals surface area contributed by atoms with Crippen molar-refractivity contribution in [3.63, 3.8) is 0 Å². The lowest BCUT2D eigenvalue weighted by Crippen LogP contribution is -2.08. The predicted molar refractivity (Wildman–Crippen MR) is 48.0 cm³/mol. The van der Waals surface area contributed by atoms with Crippen molar-refractivity contribution in [2.45, 2.75) is 18.0 Å². The quantitative estimate of drug-likeness (QED) is 0.631. The minimum Gasteiger partial charge on any atom is -0.166 e. The zero-order chi connectivity index (χ0) is 10.1. The highest BCUT2D eigenvalue weighted by Gasteiger charge is 2.34. The smallest absolute Gasteiger partial charge is 0.166 e. The first-order valence-corrected chi connectivity index (χ1v) is 4.90. The maximum atomic E-state index is 12.5. The Morgan fingerprint density at radius 2 is 1.85 bits per heavy atom. The van der Waals surface area contributed by atoms with Gasteiger partial charge in [0.1, 0.15) is 0 Å². The van der Waals surface area contributed by atoms with Crippen LogP contribution in [0.25, 0.3) is 0 Å². The Labute approximate surface area is 79.1 Å². The maximum absolute atomic E-state index is 12.5. The Bertz CT molecular complexity index is 304. The highest BCUT2D eigenvalue weighted by atomic mass is 32.2. The predicted octanol–water partition coefficient (Wildman–Crippen LogP) is 3.74. The van der Waals surface area contributed by atoms with E-state index in [-0.39, 0.29) is 10.5 Å². The summed E-state index contributed by atoms with van der Waals surface area (Å²) in [5, 5.41) is 0. The fraction of sp³-hybridized carbons (Fsp3) is 0.333. The molecule has 0 spiro atoms. The van der Waals surface area contributed by atoms with Gasteiger partial charge in [0.2, 0.25) is 0 Å². The summed E-state index contributed by atoms with van der Waals surface area (Å²) in [7, 11) is 0. The van der Waals surface area contributed by atoms with Gasteiger partial charge in [-0.1, -0.05) is 12.1 Å². The van der Waals surface area contributed by atoms with Crippen molar-refractivity contribution in [1.29, 1.82) is 0 Å². The normalized spacial score (nSPS) is 11.8. The van der Waals surface area contributed by atoms with Crippen molar-refractivity contribution in [3.8, 4) is 0 Å². The molecule has 0 unspecified atom stereocenters. The highest BCUT2D eigenvalue weighted by Crippen LogP contribution is 2.37. The van der Waals surface area contributed by atoms with Crippen molar-refractivity contribution in [3.05, 3.63) is 29.3 Å². The number of hydrogen-bond acceptors (Lipinski definition) is 1. The number of benzene rings is 1. The molecule has 0 atom stereocenters. The summed E-state index contributed by atoms with van der Waals surface area (Å²) < 4.78 is 37.4. The number of aryl methyl sites for hydroxylation is 1. The van der Waals surface area contributed by atoms with Crippen LogP contribution in [0.4, 0.5) is 13.2 Å². The molecule has 1 rings (SSSR count).